The maximum atomic E-state index is 9.49. The summed E-state index contributed by atoms with van der Waals surface area (Å²) < 4.78 is 5.20. The number of hydrogen-bond acceptors (Lipinski definition) is 2. The molecule has 0 fully saturated rings. The predicted molar refractivity (Wildman–Crippen MR) is 82.4 cm³/mol. The number of ether oxygens (including phenoxy) is 1. The summed E-state index contributed by atoms with van der Waals surface area (Å²) in [4.78, 5) is 0. The van der Waals surface area contributed by atoms with E-state index < -0.39 is 0 Å². The van der Waals surface area contributed by atoms with Crippen LogP contribution in [0.2, 0.25) is 0 Å². The van der Waals surface area contributed by atoms with E-state index in [0.29, 0.717) is 0 Å². The summed E-state index contributed by atoms with van der Waals surface area (Å²) in [5.41, 5.74) is 1.32. The number of unbranched alkanes of at least 4 members (excludes halogenated alkanes) is 2. The van der Waals surface area contributed by atoms with Gasteiger partial charge in [-0.05, 0) is 19.8 Å². The van der Waals surface area contributed by atoms with Crippen LogP contribution >= 0.6 is 0 Å². The molecule has 0 aliphatic heterocycles. The Balaban J connectivity index is 0.000000388. The molecular weight excluding hydrogens is 236 g/mol. The van der Waals surface area contributed by atoms with Crippen molar-refractivity contribution in [2.45, 2.75) is 65.1 Å². The Morgan fingerprint density at radius 3 is 2.11 bits per heavy atom. The zero-order valence-electron chi connectivity index (χ0n) is 12.9. The van der Waals surface area contributed by atoms with Crippen molar-refractivity contribution in [3.8, 4) is 0 Å². The van der Waals surface area contributed by atoms with Crippen LogP contribution in [-0.4, -0.2) is 24.4 Å². The van der Waals surface area contributed by atoms with E-state index in [1.54, 1.807) is 7.11 Å². The van der Waals surface area contributed by atoms with Crippen LogP contribution in [0.3, 0.4) is 0 Å². The molecule has 0 bridgehead atoms. The van der Waals surface area contributed by atoms with Crippen molar-refractivity contribution in [2.75, 3.05) is 7.11 Å². The van der Waals surface area contributed by atoms with Crippen molar-refractivity contribution in [2.24, 2.45) is 0 Å². The van der Waals surface area contributed by atoms with E-state index in [9.17, 15) is 5.11 Å². The second-order valence-electron chi connectivity index (χ2n) is 4.90. The molecule has 0 heterocycles. The molecule has 2 atom stereocenters. The van der Waals surface area contributed by atoms with Crippen LogP contribution in [-0.2, 0) is 4.74 Å². The Hall–Kier alpha value is -0.860. The molecule has 110 valence electrons. The van der Waals surface area contributed by atoms with Crippen molar-refractivity contribution >= 4 is 0 Å². The Morgan fingerprint density at radius 2 is 1.74 bits per heavy atom. The molecule has 0 aliphatic carbocycles. The van der Waals surface area contributed by atoms with Crippen molar-refractivity contribution in [3.05, 3.63) is 35.9 Å². The first-order valence-corrected chi connectivity index (χ1v) is 7.38. The quantitative estimate of drug-likeness (QED) is 0.744. The second-order valence-corrected chi connectivity index (χ2v) is 4.90. The zero-order valence-corrected chi connectivity index (χ0v) is 12.9. The van der Waals surface area contributed by atoms with E-state index in [-0.39, 0.29) is 12.2 Å². The summed E-state index contributed by atoms with van der Waals surface area (Å²) >= 11 is 0. The monoisotopic (exact) mass is 266 g/mol. The molecule has 1 aromatic rings. The lowest BCUT2D eigenvalue weighted by Crippen LogP contribution is -2.27. The molecule has 0 saturated heterocycles. The van der Waals surface area contributed by atoms with Gasteiger partial charge in [0.15, 0.2) is 0 Å². The fraction of sp³-hybridized carbons (Fsp3) is 0.647. The van der Waals surface area contributed by atoms with Gasteiger partial charge in [0.05, 0.1) is 12.2 Å². The fourth-order valence-electron chi connectivity index (χ4n) is 1.86. The minimum absolute atomic E-state index is 0.0431. The SMILES string of the molecule is CCCCCC(OC)C(O)CC.Cc1ccccc1. The van der Waals surface area contributed by atoms with Crippen LogP contribution < -0.4 is 0 Å². The van der Waals surface area contributed by atoms with Gasteiger partial charge in [-0.25, -0.2) is 0 Å². The van der Waals surface area contributed by atoms with Gasteiger partial charge in [0.25, 0.3) is 0 Å². The third kappa shape index (κ3) is 9.69. The molecule has 2 nitrogen and oxygen atoms in total. The number of hydrogen-bond donors (Lipinski definition) is 1. The third-order valence-electron chi connectivity index (χ3n) is 3.18. The summed E-state index contributed by atoms with van der Waals surface area (Å²) in [6.07, 6.45) is 5.14. The largest absolute Gasteiger partial charge is 0.390 e. The lowest BCUT2D eigenvalue weighted by Gasteiger charge is -2.19. The summed E-state index contributed by atoms with van der Waals surface area (Å²) in [5, 5.41) is 9.49. The average Bonchev–Trinajstić information content (AvgIpc) is 2.44. The molecule has 0 saturated carbocycles. The van der Waals surface area contributed by atoms with E-state index in [2.05, 4.69) is 26.0 Å². The van der Waals surface area contributed by atoms with Gasteiger partial charge >= 0.3 is 0 Å². The standard InChI is InChI=1S/C10H22O2.C7H8/c1-4-6-7-8-10(12-3)9(11)5-2;1-7-5-3-2-4-6-7/h9-11H,4-8H2,1-3H3;2-6H,1H3. The molecule has 0 aromatic heterocycles. The lowest BCUT2D eigenvalue weighted by atomic mass is 10.0. The number of aliphatic hydroxyl groups is 1. The highest BCUT2D eigenvalue weighted by molar-refractivity contribution is 5.11. The van der Waals surface area contributed by atoms with Crippen molar-refractivity contribution in [1.82, 2.24) is 0 Å². The molecule has 1 rings (SSSR count). The molecule has 0 amide bonds. The first kappa shape index (κ1) is 18.1. The highest BCUT2D eigenvalue weighted by Crippen LogP contribution is 2.11. The number of methoxy groups -OCH3 is 1. The Labute approximate surface area is 118 Å². The molecule has 0 aliphatic rings. The first-order chi connectivity index (χ1) is 9.15. The number of aryl methyl sites for hydroxylation is 1. The van der Waals surface area contributed by atoms with E-state index in [1.165, 1.54) is 18.4 Å². The number of benzene rings is 1. The maximum absolute atomic E-state index is 9.49. The molecule has 0 radical (unpaired) electrons. The van der Waals surface area contributed by atoms with Crippen molar-refractivity contribution in [3.63, 3.8) is 0 Å². The van der Waals surface area contributed by atoms with E-state index in [0.717, 1.165) is 19.3 Å². The van der Waals surface area contributed by atoms with Crippen LogP contribution in [0.5, 0.6) is 0 Å². The Morgan fingerprint density at radius 1 is 1.11 bits per heavy atom. The number of rotatable bonds is 7. The van der Waals surface area contributed by atoms with E-state index >= 15 is 0 Å². The van der Waals surface area contributed by atoms with Gasteiger partial charge in [-0.2, -0.15) is 0 Å². The fourth-order valence-corrected chi connectivity index (χ4v) is 1.86. The summed E-state index contributed by atoms with van der Waals surface area (Å²) in [7, 11) is 1.68. The minimum atomic E-state index is -0.285. The first-order valence-electron chi connectivity index (χ1n) is 7.38. The van der Waals surface area contributed by atoms with Crippen LogP contribution in [0.15, 0.2) is 30.3 Å². The molecule has 2 heteroatoms. The predicted octanol–water partition coefficient (Wildman–Crippen LogP) is 4.35. The Kier molecular flexibility index (Phi) is 11.6. The lowest BCUT2D eigenvalue weighted by molar-refractivity contribution is -0.0187. The summed E-state index contributed by atoms with van der Waals surface area (Å²) in [5.74, 6) is 0. The molecule has 2 unspecified atom stereocenters. The smallest absolute Gasteiger partial charge is 0.0830 e. The highest BCUT2D eigenvalue weighted by atomic mass is 16.5. The van der Waals surface area contributed by atoms with Gasteiger partial charge in [0, 0.05) is 7.11 Å². The van der Waals surface area contributed by atoms with Gasteiger partial charge in [-0.15, -0.1) is 0 Å². The minimum Gasteiger partial charge on any atom is -0.390 e. The third-order valence-corrected chi connectivity index (χ3v) is 3.18. The highest BCUT2D eigenvalue weighted by Gasteiger charge is 2.15. The molecule has 19 heavy (non-hydrogen) atoms. The normalized spacial score (nSPS) is 13.3. The second kappa shape index (κ2) is 12.2. The van der Waals surface area contributed by atoms with Crippen LogP contribution in [0.4, 0.5) is 0 Å². The maximum Gasteiger partial charge on any atom is 0.0830 e. The zero-order chi connectivity index (χ0) is 14.5. The van der Waals surface area contributed by atoms with E-state index in [1.807, 2.05) is 25.1 Å². The molecule has 1 aromatic carbocycles. The van der Waals surface area contributed by atoms with Gasteiger partial charge < -0.3 is 9.84 Å². The molecule has 1 N–H and O–H groups in total. The summed E-state index contributed by atoms with van der Waals surface area (Å²) in [6.45, 7) is 6.24. The van der Waals surface area contributed by atoms with Gasteiger partial charge in [-0.1, -0.05) is 69.0 Å². The van der Waals surface area contributed by atoms with Gasteiger partial charge in [0.1, 0.15) is 0 Å². The van der Waals surface area contributed by atoms with Crippen LogP contribution in [0, 0.1) is 6.92 Å². The van der Waals surface area contributed by atoms with Crippen LogP contribution in [0.1, 0.15) is 51.5 Å². The van der Waals surface area contributed by atoms with E-state index in [4.69, 9.17) is 4.74 Å². The topological polar surface area (TPSA) is 29.5 Å². The average molecular weight is 266 g/mol. The van der Waals surface area contributed by atoms with Gasteiger partial charge in [-0.3, -0.25) is 0 Å². The Bertz CT molecular complexity index is 285. The van der Waals surface area contributed by atoms with Crippen molar-refractivity contribution < 1.29 is 9.84 Å². The molecular formula is C17H30O2. The van der Waals surface area contributed by atoms with Crippen LogP contribution in [0.25, 0.3) is 0 Å². The number of aliphatic hydroxyl groups excluding tert-OH is 1. The summed E-state index contributed by atoms with van der Waals surface area (Å²) in [6, 6.07) is 10.3. The molecule has 0 spiro atoms. The van der Waals surface area contributed by atoms with Crippen molar-refractivity contribution in [1.29, 1.82) is 0 Å². The van der Waals surface area contributed by atoms with Gasteiger partial charge in [0.2, 0.25) is 0 Å².